The fraction of sp³-hybridized carbons (Fsp3) is 0.250. The van der Waals surface area contributed by atoms with Crippen LogP contribution in [0.25, 0.3) is 0 Å². The molecule has 0 saturated carbocycles. The van der Waals surface area contributed by atoms with E-state index in [0.29, 0.717) is 29.9 Å². The normalized spacial score (nSPS) is 12.9. The molecule has 0 aliphatic carbocycles. The second kappa shape index (κ2) is 8.31. The van der Waals surface area contributed by atoms with Crippen LogP contribution in [0.4, 0.5) is 0 Å². The monoisotopic (exact) mass is 382 g/mol. The van der Waals surface area contributed by atoms with E-state index in [1.165, 1.54) is 25.3 Å². The molecule has 8 nitrogen and oxygen atoms in total. The average molecular weight is 382 g/mol. The van der Waals surface area contributed by atoms with Gasteiger partial charge in [-0.25, -0.2) is 4.79 Å². The average Bonchev–Trinajstić information content (AvgIpc) is 3.17. The number of fused-ring (bicyclic) bond motifs is 1. The van der Waals surface area contributed by atoms with E-state index in [1.807, 2.05) is 6.07 Å². The van der Waals surface area contributed by atoms with Crippen molar-refractivity contribution in [1.29, 1.82) is 5.26 Å². The molecule has 1 unspecified atom stereocenters. The lowest BCUT2D eigenvalue weighted by Gasteiger charge is -2.16. The van der Waals surface area contributed by atoms with E-state index in [1.54, 1.807) is 18.2 Å². The summed E-state index contributed by atoms with van der Waals surface area (Å²) in [5.41, 5.74) is 1.76. The highest BCUT2D eigenvalue weighted by molar-refractivity contribution is 5.85. The Balaban J connectivity index is 1.67. The smallest absolute Gasteiger partial charge is 0.330 e. The molecule has 0 saturated heterocycles. The summed E-state index contributed by atoms with van der Waals surface area (Å²) in [5.74, 6) is -0.465. The zero-order chi connectivity index (χ0) is 20.1. The molecule has 0 bridgehead atoms. The highest BCUT2D eigenvalue weighted by Crippen LogP contribution is 2.29. The maximum absolute atomic E-state index is 12.2. The number of rotatable bonds is 7. The molecule has 1 amide bonds. The molecule has 2 N–H and O–H groups in total. The summed E-state index contributed by atoms with van der Waals surface area (Å²) in [7, 11) is 1.42. The third kappa shape index (κ3) is 4.15. The number of nitrogens with zero attached hydrogens (tertiary/aromatic N) is 1. The van der Waals surface area contributed by atoms with Gasteiger partial charge in [-0.1, -0.05) is 6.07 Å². The first-order valence-electron chi connectivity index (χ1n) is 8.50. The minimum atomic E-state index is -1.20. The number of nitrogens with one attached hydrogen (secondary N) is 1. The minimum absolute atomic E-state index is 0.276. The van der Waals surface area contributed by atoms with Gasteiger partial charge < -0.3 is 24.6 Å². The van der Waals surface area contributed by atoms with Gasteiger partial charge >= 0.3 is 5.97 Å². The maximum atomic E-state index is 12.2. The van der Waals surface area contributed by atoms with Crippen molar-refractivity contribution >= 4 is 11.9 Å². The van der Waals surface area contributed by atoms with Crippen LogP contribution in [0, 0.1) is 11.3 Å². The van der Waals surface area contributed by atoms with Crippen LogP contribution in [0.2, 0.25) is 0 Å². The summed E-state index contributed by atoms with van der Waals surface area (Å²) < 4.78 is 16.0. The fourth-order valence-electron chi connectivity index (χ4n) is 2.88. The third-order valence-corrected chi connectivity index (χ3v) is 4.25. The predicted octanol–water partition coefficient (Wildman–Crippen LogP) is 1.82. The zero-order valence-corrected chi connectivity index (χ0v) is 15.1. The molecule has 0 aromatic heterocycles. The van der Waals surface area contributed by atoms with Gasteiger partial charge in [0, 0.05) is 12.5 Å². The van der Waals surface area contributed by atoms with Gasteiger partial charge in [-0.3, -0.25) is 4.79 Å². The van der Waals surface area contributed by atoms with Gasteiger partial charge in [0.15, 0.2) is 24.1 Å². The Hall–Kier alpha value is -3.73. The van der Waals surface area contributed by atoms with Crippen LogP contribution < -0.4 is 19.5 Å². The quantitative estimate of drug-likeness (QED) is 0.750. The largest absolute Gasteiger partial charge is 0.493 e. The molecule has 2 aromatic rings. The number of ether oxygens (including phenoxy) is 3. The Labute approximate surface area is 161 Å². The van der Waals surface area contributed by atoms with Gasteiger partial charge in [0.1, 0.15) is 5.75 Å². The molecule has 1 aliphatic rings. The number of nitriles is 1. The number of benzene rings is 2. The first kappa shape index (κ1) is 19.0. The van der Waals surface area contributed by atoms with Gasteiger partial charge in [0.25, 0.3) is 5.91 Å². The van der Waals surface area contributed by atoms with Crippen LogP contribution in [0.1, 0.15) is 22.7 Å². The highest BCUT2D eigenvalue weighted by Gasteiger charge is 2.24. The van der Waals surface area contributed by atoms with Gasteiger partial charge in [0.2, 0.25) is 0 Å². The van der Waals surface area contributed by atoms with Gasteiger partial charge in [0.05, 0.1) is 25.3 Å². The molecule has 0 spiro atoms. The summed E-state index contributed by atoms with van der Waals surface area (Å²) in [6.45, 7) is 0.156. The Bertz CT molecular complexity index is 950. The van der Waals surface area contributed by atoms with E-state index < -0.39 is 24.5 Å². The molecular formula is C20H18N2O6. The van der Waals surface area contributed by atoms with Crippen molar-refractivity contribution in [3.05, 3.63) is 53.1 Å². The number of hydrogen-bond acceptors (Lipinski definition) is 6. The molecule has 1 heterocycles. The van der Waals surface area contributed by atoms with Crippen molar-refractivity contribution in [3.8, 4) is 23.3 Å². The summed E-state index contributed by atoms with van der Waals surface area (Å²) in [6, 6.07) is 10.4. The van der Waals surface area contributed by atoms with E-state index in [-0.39, 0.29) is 5.75 Å². The standard InChI is InChI=1S/C20H18N2O6/c1-26-17-8-12(10-21)2-4-16(17)28-11-18(23)22-19(20(24)25)14-3-5-15-13(9-14)6-7-27-15/h2-5,8-9,19H,6-7,11H2,1H3,(H,22,23)(H,24,25). The van der Waals surface area contributed by atoms with Crippen molar-refractivity contribution < 1.29 is 28.9 Å². The molecule has 2 aromatic carbocycles. The van der Waals surface area contributed by atoms with E-state index >= 15 is 0 Å². The van der Waals surface area contributed by atoms with E-state index in [9.17, 15) is 14.7 Å². The lowest BCUT2D eigenvalue weighted by atomic mass is 10.0. The van der Waals surface area contributed by atoms with Gasteiger partial charge in [-0.2, -0.15) is 5.26 Å². The molecule has 28 heavy (non-hydrogen) atoms. The van der Waals surface area contributed by atoms with Crippen LogP contribution in [-0.2, 0) is 16.0 Å². The number of carbonyl (C=O) groups is 2. The van der Waals surface area contributed by atoms with Crippen molar-refractivity contribution in [3.63, 3.8) is 0 Å². The highest BCUT2D eigenvalue weighted by atomic mass is 16.5. The number of hydrogen-bond donors (Lipinski definition) is 2. The molecule has 3 rings (SSSR count). The van der Waals surface area contributed by atoms with E-state index in [0.717, 1.165) is 11.3 Å². The van der Waals surface area contributed by atoms with Crippen LogP contribution in [0.5, 0.6) is 17.2 Å². The van der Waals surface area contributed by atoms with E-state index in [4.69, 9.17) is 19.5 Å². The Kier molecular flexibility index (Phi) is 5.65. The number of aliphatic carboxylic acids is 1. The number of amides is 1. The van der Waals surface area contributed by atoms with Crippen molar-refractivity contribution in [1.82, 2.24) is 5.32 Å². The first-order valence-corrected chi connectivity index (χ1v) is 8.50. The fourth-order valence-corrected chi connectivity index (χ4v) is 2.88. The van der Waals surface area contributed by atoms with Crippen molar-refractivity contribution in [2.75, 3.05) is 20.3 Å². The minimum Gasteiger partial charge on any atom is -0.493 e. The number of carboxylic acids is 1. The summed E-state index contributed by atoms with van der Waals surface area (Å²) >= 11 is 0. The Morgan fingerprint density at radius 2 is 2.11 bits per heavy atom. The zero-order valence-electron chi connectivity index (χ0n) is 15.1. The lowest BCUT2D eigenvalue weighted by molar-refractivity contribution is -0.142. The molecule has 0 radical (unpaired) electrons. The van der Waals surface area contributed by atoms with Crippen LogP contribution in [0.3, 0.4) is 0 Å². The molecule has 8 heteroatoms. The number of carbonyl (C=O) groups excluding carboxylic acids is 1. The van der Waals surface area contributed by atoms with Crippen molar-refractivity contribution in [2.24, 2.45) is 0 Å². The maximum Gasteiger partial charge on any atom is 0.330 e. The summed E-state index contributed by atoms with van der Waals surface area (Å²) in [4.78, 5) is 23.9. The van der Waals surface area contributed by atoms with Crippen molar-refractivity contribution in [2.45, 2.75) is 12.5 Å². The van der Waals surface area contributed by atoms with Crippen LogP contribution >= 0.6 is 0 Å². The second-order valence-corrected chi connectivity index (χ2v) is 6.07. The van der Waals surface area contributed by atoms with Gasteiger partial charge in [-0.05, 0) is 35.4 Å². The first-order chi connectivity index (χ1) is 13.5. The topological polar surface area (TPSA) is 118 Å². The second-order valence-electron chi connectivity index (χ2n) is 6.07. The molecule has 0 fully saturated rings. The lowest BCUT2D eigenvalue weighted by Crippen LogP contribution is -2.36. The SMILES string of the molecule is COc1cc(C#N)ccc1OCC(=O)NC(C(=O)O)c1ccc2c(c1)CCO2. The van der Waals surface area contributed by atoms with Gasteiger partial charge in [-0.15, -0.1) is 0 Å². The van der Waals surface area contributed by atoms with Crippen LogP contribution in [-0.4, -0.2) is 37.3 Å². The Morgan fingerprint density at radius 3 is 2.82 bits per heavy atom. The number of carboxylic acid groups (broad SMARTS) is 1. The number of methoxy groups -OCH3 is 1. The summed E-state index contributed by atoms with van der Waals surface area (Å²) in [5, 5.41) is 20.9. The predicted molar refractivity (Wildman–Crippen MR) is 97.4 cm³/mol. The van der Waals surface area contributed by atoms with Crippen LogP contribution in [0.15, 0.2) is 36.4 Å². The summed E-state index contributed by atoms with van der Waals surface area (Å²) in [6.07, 6.45) is 0.699. The molecule has 1 atom stereocenters. The molecule has 144 valence electrons. The molecule has 1 aliphatic heterocycles. The van der Waals surface area contributed by atoms with E-state index in [2.05, 4.69) is 5.32 Å². The Morgan fingerprint density at radius 1 is 1.29 bits per heavy atom. The third-order valence-electron chi connectivity index (χ3n) is 4.25. The molecular weight excluding hydrogens is 364 g/mol.